The number of carboxylic acids is 1. The lowest BCUT2D eigenvalue weighted by Crippen LogP contribution is -2.31. The van der Waals surface area contributed by atoms with Crippen LogP contribution in [0.3, 0.4) is 0 Å². The number of hydrogen-bond donors (Lipinski definition) is 2. The van der Waals surface area contributed by atoms with Crippen molar-refractivity contribution in [2.45, 2.75) is 26.7 Å². The van der Waals surface area contributed by atoms with Crippen molar-refractivity contribution in [3.05, 3.63) is 34.1 Å². The molecule has 1 aromatic rings. The van der Waals surface area contributed by atoms with Gasteiger partial charge in [-0.3, -0.25) is 9.59 Å². The summed E-state index contributed by atoms with van der Waals surface area (Å²) >= 11 is 3.14. The Morgan fingerprint density at radius 2 is 2.05 bits per heavy atom. The van der Waals surface area contributed by atoms with Gasteiger partial charge in [-0.1, -0.05) is 13.8 Å². The van der Waals surface area contributed by atoms with Crippen LogP contribution < -0.4 is 5.32 Å². The number of halogens is 2. The van der Waals surface area contributed by atoms with E-state index in [-0.39, 0.29) is 24.8 Å². The quantitative estimate of drug-likeness (QED) is 0.783. The zero-order chi connectivity index (χ0) is 16.0. The molecule has 2 N–H and O–H groups in total. The number of aliphatic carboxylic acids is 1. The number of hydrogen-bond acceptors (Lipinski definition) is 2. The maximum atomic E-state index is 13.0. The zero-order valence-corrected chi connectivity index (χ0v) is 13.6. The molecule has 0 heterocycles. The molecule has 0 saturated heterocycles. The molecule has 0 radical (unpaired) electrons. The molecule has 0 aliphatic carbocycles. The Hall–Kier alpha value is -1.43. The summed E-state index contributed by atoms with van der Waals surface area (Å²) in [7, 11) is 0. The summed E-state index contributed by atoms with van der Waals surface area (Å²) < 4.78 is 13.4. The van der Waals surface area contributed by atoms with Gasteiger partial charge in [0.2, 0.25) is 0 Å². The number of benzene rings is 1. The van der Waals surface area contributed by atoms with Crippen LogP contribution in [0.4, 0.5) is 4.39 Å². The summed E-state index contributed by atoms with van der Waals surface area (Å²) in [5.74, 6) is -1.42. The first-order valence-electron chi connectivity index (χ1n) is 6.74. The van der Waals surface area contributed by atoms with Gasteiger partial charge >= 0.3 is 5.97 Å². The fourth-order valence-electron chi connectivity index (χ4n) is 2.16. The minimum atomic E-state index is -0.877. The number of carbonyl (C=O) groups excluding carboxylic acids is 1. The summed E-state index contributed by atoms with van der Waals surface area (Å²) in [6.07, 6.45) is 0.736. The van der Waals surface area contributed by atoms with Gasteiger partial charge in [-0.25, -0.2) is 4.39 Å². The number of rotatable bonds is 7. The van der Waals surface area contributed by atoms with Gasteiger partial charge in [-0.15, -0.1) is 0 Å². The lowest BCUT2D eigenvalue weighted by Gasteiger charge is -2.18. The van der Waals surface area contributed by atoms with Gasteiger partial charge in [0.05, 0.1) is 5.56 Å². The average Bonchev–Trinajstić information content (AvgIpc) is 2.34. The normalized spacial score (nSPS) is 12.2. The second-order valence-corrected chi connectivity index (χ2v) is 6.28. The van der Waals surface area contributed by atoms with Crippen LogP contribution in [0.5, 0.6) is 0 Å². The van der Waals surface area contributed by atoms with Gasteiger partial charge in [-0.2, -0.15) is 0 Å². The first-order valence-corrected chi connectivity index (χ1v) is 7.54. The summed E-state index contributed by atoms with van der Waals surface area (Å²) in [5.41, 5.74) is 0.329. The molecule has 4 nitrogen and oxygen atoms in total. The van der Waals surface area contributed by atoms with E-state index in [0.717, 1.165) is 6.42 Å². The van der Waals surface area contributed by atoms with E-state index in [1.165, 1.54) is 18.2 Å². The number of amides is 1. The second-order valence-electron chi connectivity index (χ2n) is 5.43. The first kappa shape index (κ1) is 17.6. The van der Waals surface area contributed by atoms with Crippen molar-refractivity contribution in [2.75, 3.05) is 6.54 Å². The Morgan fingerprint density at radius 3 is 2.57 bits per heavy atom. The molecule has 0 aromatic heterocycles. The smallest absolute Gasteiger partial charge is 0.303 e. The number of carboxylic acid groups (broad SMARTS) is 1. The summed E-state index contributed by atoms with van der Waals surface area (Å²) in [6, 6.07) is 3.82. The molecule has 0 aliphatic heterocycles. The largest absolute Gasteiger partial charge is 0.481 e. The summed E-state index contributed by atoms with van der Waals surface area (Å²) in [4.78, 5) is 22.9. The summed E-state index contributed by atoms with van der Waals surface area (Å²) in [5, 5.41) is 11.6. The van der Waals surface area contributed by atoms with E-state index >= 15 is 0 Å². The molecule has 0 spiro atoms. The van der Waals surface area contributed by atoms with E-state index in [1.54, 1.807) is 0 Å². The van der Waals surface area contributed by atoms with Crippen LogP contribution in [-0.2, 0) is 4.79 Å². The highest BCUT2D eigenvalue weighted by Gasteiger charge is 2.17. The van der Waals surface area contributed by atoms with Gasteiger partial charge in [0.15, 0.2) is 0 Å². The minimum absolute atomic E-state index is 0.0169. The van der Waals surface area contributed by atoms with E-state index in [2.05, 4.69) is 21.2 Å². The van der Waals surface area contributed by atoms with Crippen LogP contribution in [0, 0.1) is 17.7 Å². The standard InChI is InChI=1S/C15H19BrFNO3/c1-9(2)5-10(6-14(19)20)8-18-15(21)12-4-3-11(17)7-13(12)16/h3-4,7,9-10H,5-6,8H2,1-2H3,(H,18,21)(H,19,20). The van der Waals surface area contributed by atoms with Crippen molar-refractivity contribution in [1.82, 2.24) is 5.32 Å². The Bertz CT molecular complexity index is 520. The van der Waals surface area contributed by atoms with Crippen LogP contribution >= 0.6 is 15.9 Å². The Labute approximate surface area is 131 Å². The highest BCUT2D eigenvalue weighted by atomic mass is 79.9. The molecular weight excluding hydrogens is 341 g/mol. The molecule has 0 fully saturated rings. The van der Waals surface area contributed by atoms with Crippen LogP contribution in [-0.4, -0.2) is 23.5 Å². The van der Waals surface area contributed by atoms with Crippen molar-refractivity contribution in [3.63, 3.8) is 0 Å². The zero-order valence-electron chi connectivity index (χ0n) is 12.0. The Morgan fingerprint density at radius 1 is 1.38 bits per heavy atom. The monoisotopic (exact) mass is 359 g/mol. The summed E-state index contributed by atoms with van der Waals surface area (Å²) in [6.45, 7) is 4.30. The molecule has 21 heavy (non-hydrogen) atoms. The third-order valence-corrected chi connectivity index (χ3v) is 3.65. The third kappa shape index (κ3) is 6.25. The van der Waals surface area contributed by atoms with E-state index in [9.17, 15) is 14.0 Å². The molecule has 1 unspecified atom stereocenters. The van der Waals surface area contributed by atoms with Crippen LogP contribution in [0.25, 0.3) is 0 Å². The first-order chi connectivity index (χ1) is 9.79. The fraction of sp³-hybridized carbons (Fsp3) is 0.467. The molecule has 0 aliphatic rings. The van der Waals surface area contributed by atoms with E-state index in [4.69, 9.17) is 5.11 Å². The number of carbonyl (C=O) groups is 2. The third-order valence-electron chi connectivity index (χ3n) is 3.00. The van der Waals surface area contributed by atoms with Crippen molar-refractivity contribution in [3.8, 4) is 0 Å². The van der Waals surface area contributed by atoms with E-state index in [0.29, 0.717) is 16.0 Å². The van der Waals surface area contributed by atoms with Gasteiger partial charge in [0.25, 0.3) is 5.91 Å². The van der Waals surface area contributed by atoms with Crippen LogP contribution in [0.1, 0.15) is 37.0 Å². The molecule has 6 heteroatoms. The molecule has 116 valence electrons. The fourth-order valence-corrected chi connectivity index (χ4v) is 2.69. The molecule has 1 aromatic carbocycles. The molecule has 1 atom stereocenters. The highest BCUT2D eigenvalue weighted by Crippen LogP contribution is 2.19. The predicted octanol–water partition coefficient (Wildman–Crippen LogP) is 3.46. The molecule has 1 amide bonds. The van der Waals surface area contributed by atoms with Crippen molar-refractivity contribution in [1.29, 1.82) is 0 Å². The SMILES string of the molecule is CC(C)CC(CNC(=O)c1ccc(F)cc1Br)CC(=O)O. The van der Waals surface area contributed by atoms with Crippen LogP contribution in [0.15, 0.2) is 22.7 Å². The van der Waals surface area contributed by atoms with E-state index in [1.807, 2.05) is 13.8 Å². The van der Waals surface area contributed by atoms with Crippen molar-refractivity contribution >= 4 is 27.8 Å². The molecule has 1 rings (SSSR count). The van der Waals surface area contributed by atoms with Crippen molar-refractivity contribution in [2.24, 2.45) is 11.8 Å². The minimum Gasteiger partial charge on any atom is -0.481 e. The van der Waals surface area contributed by atoms with Crippen molar-refractivity contribution < 1.29 is 19.1 Å². The maximum Gasteiger partial charge on any atom is 0.303 e. The molecule has 0 saturated carbocycles. The van der Waals surface area contributed by atoms with Crippen LogP contribution in [0.2, 0.25) is 0 Å². The second kappa shape index (κ2) is 8.12. The molecule has 0 bridgehead atoms. The van der Waals surface area contributed by atoms with Gasteiger partial charge in [0, 0.05) is 17.4 Å². The van der Waals surface area contributed by atoms with Gasteiger partial charge in [0.1, 0.15) is 5.82 Å². The average molecular weight is 360 g/mol. The number of nitrogens with one attached hydrogen (secondary N) is 1. The Kier molecular flexibility index (Phi) is 6.81. The Balaban J connectivity index is 2.65. The molecular formula is C15H19BrFNO3. The topological polar surface area (TPSA) is 66.4 Å². The van der Waals surface area contributed by atoms with Gasteiger partial charge < -0.3 is 10.4 Å². The lowest BCUT2D eigenvalue weighted by atomic mass is 9.94. The predicted molar refractivity (Wildman–Crippen MR) is 81.6 cm³/mol. The van der Waals surface area contributed by atoms with Gasteiger partial charge in [-0.05, 0) is 52.4 Å². The maximum absolute atomic E-state index is 13.0. The lowest BCUT2D eigenvalue weighted by molar-refractivity contribution is -0.138. The highest BCUT2D eigenvalue weighted by molar-refractivity contribution is 9.10. The van der Waals surface area contributed by atoms with E-state index < -0.39 is 11.8 Å².